The molecule has 2 aromatic heterocycles. The van der Waals surface area contributed by atoms with E-state index in [-0.39, 0.29) is 17.0 Å². The maximum Gasteiger partial charge on any atom is 0.205 e. The first-order valence-corrected chi connectivity index (χ1v) is 9.12. The monoisotopic (exact) mass is 368 g/mol. The number of ketones is 2. The SMILES string of the molecule is CC1(C)CC(=O)c2cc3c(N)c(C(=O)c4ccc(F)cc4)sc3nc2C1. The Morgan fingerprint density at radius 3 is 2.62 bits per heavy atom. The maximum atomic E-state index is 13.1. The lowest BCUT2D eigenvalue weighted by Gasteiger charge is -2.29. The molecular weight excluding hydrogens is 351 g/mol. The van der Waals surface area contributed by atoms with Crippen LogP contribution in [0.4, 0.5) is 10.1 Å². The number of pyridine rings is 1. The topological polar surface area (TPSA) is 73.1 Å². The van der Waals surface area contributed by atoms with Crippen LogP contribution in [-0.2, 0) is 6.42 Å². The number of carbonyl (C=O) groups excluding carboxylic acids is 2. The number of hydrogen-bond acceptors (Lipinski definition) is 5. The standard InChI is InChI=1S/C20H17FN2O2S/c1-20(2)8-14-12(15(24)9-20)7-13-16(22)18(26-19(13)23-14)17(25)10-3-5-11(21)6-4-10/h3-7H,8-9,22H2,1-2H3. The predicted molar refractivity (Wildman–Crippen MR) is 100 cm³/mol. The fourth-order valence-corrected chi connectivity index (χ4v) is 4.46. The van der Waals surface area contributed by atoms with Gasteiger partial charge in [-0.2, -0.15) is 0 Å². The van der Waals surface area contributed by atoms with E-state index in [2.05, 4.69) is 4.98 Å². The third-order valence-electron chi connectivity index (χ3n) is 4.70. The molecule has 2 heterocycles. The molecule has 2 N–H and O–H groups in total. The second-order valence-electron chi connectivity index (χ2n) is 7.46. The van der Waals surface area contributed by atoms with Crippen molar-refractivity contribution in [3.8, 4) is 0 Å². The van der Waals surface area contributed by atoms with Crippen LogP contribution in [0.2, 0.25) is 0 Å². The number of hydrogen-bond donors (Lipinski definition) is 1. The molecule has 1 aliphatic carbocycles. The van der Waals surface area contributed by atoms with Gasteiger partial charge in [-0.3, -0.25) is 9.59 Å². The van der Waals surface area contributed by atoms with Gasteiger partial charge in [-0.1, -0.05) is 13.8 Å². The summed E-state index contributed by atoms with van der Waals surface area (Å²) in [6, 6.07) is 7.13. The number of halogens is 1. The van der Waals surface area contributed by atoms with Crippen molar-refractivity contribution in [1.29, 1.82) is 0 Å². The van der Waals surface area contributed by atoms with Crippen molar-refractivity contribution < 1.29 is 14.0 Å². The van der Waals surface area contributed by atoms with E-state index >= 15 is 0 Å². The molecule has 0 fully saturated rings. The van der Waals surface area contributed by atoms with Gasteiger partial charge in [0.05, 0.1) is 11.4 Å². The quantitative estimate of drug-likeness (QED) is 0.680. The van der Waals surface area contributed by atoms with Crippen molar-refractivity contribution >= 4 is 38.8 Å². The Hall–Kier alpha value is -2.60. The van der Waals surface area contributed by atoms with Crippen LogP contribution in [0.1, 0.15) is 51.6 Å². The molecular formula is C20H17FN2O2S. The van der Waals surface area contributed by atoms with Crippen molar-refractivity contribution in [3.63, 3.8) is 0 Å². The molecule has 4 nitrogen and oxygen atoms in total. The molecule has 0 radical (unpaired) electrons. The zero-order valence-corrected chi connectivity index (χ0v) is 15.2. The van der Waals surface area contributed by atoms with Gasteiger partial charge in [0, 0.05) is 22.9 Å². The number of benzene rings is 1. The summed E-state index contributed by atoms with van der Waals surface area (Å²) in [7, 11) is 0. The van der Waals surface area contributed by atoms with Crippen LogP contribution in [-0.4, -0.2) is 16.6 Å². The van der Waals surface area contributed by atoms with Crippen molar-refractivity contribution in [1.82, 2.24) is 4.98 Å². The minimum absolute atomic E-state index is 0.0580. The van der Waals surface area contributed by atoms with Crippen molar-refractivity contribution in [3.05, 3.63) is 57.8 Å². The number of nitrogens with zero attached hydrogens (tertiary/aromatic N) is 1. The molecule has 4 rings (SSSR count). The number of aromatic nitrogens is 1. The van der Waals surface area contributed by atoms with Crippen molar-refractivity contribution in [2.45, 2.75) is 26.7 Å². The Kier molecular flexibility index (Phi) is 3.70. The maximum absolute atomic E-state index is 13.1. The summed E-state index contributed by atoms with van der Waals surface area (Å²) >= 11 is 1.21. The largest absolute Gasteiger partial charge is 0.397 e. The van der Waals surface area contributed by atoms with E-state index in [0.29, 0.717) is 44.7 Å². The minimum atomic E-state index is -0.402. The van der Waals surface area contributed by atoms with Crippen LogP contribution >= 0.6 is 11.3 Å². The summed E-state index contributed by atoms with van der Waals surface area (Å²) in [5, 5.41) is 0.632. The number of anilines is 1. The minimum Gasteiger partial charge on any atom is -0.397 e. The Balaban J connectivity index is 1.84. The third-order valence-corrected chi connectivity index (χ3v) is 5.81. The van der Waals surface area contributed by atoms with Crippen molar-refractivity contribution in [2.24, 2.45) is 5.41 Å². The van der Waals surface area contributed by atoms with Crippen LogP contribution < -0.4 is 5.73 Å². The van der Waals surface area contributed by atoms with Gasteiger partial charge in [-0.25, -0.2) is 9.37 Å². The van der Waals surface area contributed by atoms with Gasteiger partial charge >= 0.3 is 0 Å². The molecule has 0 amide bonds. The number of fused-ring (bicyclic) bond motifs is 2. The molecule has 0 saturated heterocycles. The summed E-state index contributed by atoms with van der Waals surface area (Å²) in [5.41, 5.74) is 8.14. The van der Waals surface area contributed by atoms with Gasteiger partial charge in [-0.05, 0) is 42.2 Å². The van der Waals surface area contributed by atoms with Crippen LogP contribution in [0.5, 0.6) is 0 Å². The highest BCUT2D eigenvalue weighted by Crippen LogP contribution is 2.39. The Bertz CT molecular complexity index is 1070. The molecule has 0 bridgehead atoms. The summed E-state index contributed by atoms with van der Waals surface area (Å²) in [5.74, 6) is -0.612. The highest BCUT2D eigenvalue weighted by Gasteiger charge is 2.33. The zero-order valence-electron chi connectivity index (χ0n) is 14.4. The smallest absolute Gasteiger partial charge is 0.205 e. The summed E-state index contributed by atoms with van der Waals surface area (Å²) < 4.78 is 13.1. The number of thiophene rings is 1. The van der Waals surface area contributed by atoms with Crippen LogP contribution in [0.15, 0.2) is 30.3 Å². The molecule has 6 heteroatoms. The van der Waals surface area contributed by atoms with Crippen LogP contribution in [0.25, 0.3) is 10.2 Å². The summed E-state index contributed by atoms with van der Waals surface area (Å²) in [6.45, 7) is 4.10. The average Bonchev–Trinajstić information content (AvgIpc) is 2.88. The van der Waals surface area contributed by atoms with Gasteiger partial charge in [0.15, 0.2) is 5.78 Å². The lowest BCUT2D eigenvalue weighted by Crippen LogP contribution is -2.27. The first-order chi connectivity index (χ1) is 12.2. The van der Waals surface area contributed by atoms with Gasteiger partial charge in [0.1, 0.15) is 15.5 Å². The van der Waals surface area contributed by atoms with Gasteiger partial charge in [0.25, 0.3) is 0 Å². The van der Waals surface area contributed by atoms with E-state index < -0.39 is 5.82 Å². The Morgan fingerprint density at radius 2 is 1.92 bits per heavy atom. The van der Waals surface area contributed by atoms with E-state index in [1.54, 1.807) is 6.07 Å². The average molecular weight is 368 g/mol. The molecule has 26 heavy (non-hydrogen) atoms. The second kappa shape index (κ2) is 5.71. The number of nitrogen functional groups attached to an aromatic ring is 1. The molecule has 1 aliphatic rings. The van der Waals surface area contributed by atoms with E-state index in [4.69, 9.17) is 5.73 Å². The first kappa shape index (κ1) is 16.8. The molecule has 0 unspecified atom stereocenters. The van der Waals surface area contributed by atoms with E-state index in [0.717, 1.165) is 5.69 Å². The molecule has 0 atom stereocenters. The van der Waals surface area contributed by atoms with Gasteiger partial charge in [-0.15, -0.1) is 11.3 Å². The number of carbonyl (C=O) groups is 2. The Labute approximate surface area is 153 Å². The highest BCUT2D eigenvalue weighted by atomic mass is 32.1. The second-order valence-corrected chi connectivity index (χ2v) is 8.46. The molecule has 132 valence electrons. The number of Topliss-reactive ketones (excluding diaryl/α,β-unsaturated/α-hetero) is 1. The lowest BCUT2D eigenvalue weighted by molar-refractivity contribution is 0.0910. The van der Waals surface area contributed by atoms with E-state index in [1.165, 1.54) is 35.6 Å². The number of nitrogens with two attached hydrogens (primary N) is 1. The lowest BCUT2D eigenvalue weighted by atomic mass is 9.75. The van der Waals surface area contributed by atoms with E-state index in [1.807, 2.05) is 13.8 Å². The zero-order chi connectivity index (χ0) is 18.6. The normalized spacial score (nSPS) is 15.9. The van der Waals surface area contributed by atoms with Crippen molar-refractivity contribution in [2.75, 3.05) is 5.73 Å². The molecule has 0 aliphatic heterocycles. The van der Waals surface area contributed by atoms with Gasteiger partial charge < -0.3 is 5.73 Å². The Morgan fingerprint density at radius 1 is 1.23 bits per heavy atom. The summed E-state index contributed by atoms with van der Waals surface area (Å²) in [4.78, 5) is 30.9. The fraction of sp³-hybridized carbons (Fsp3) is 0.250. The fourth-order valence-electron chi connectivity index (χ4n) is 3.40. The third kappa shape index (κ3) is 2.70. The summed E-state index contributed by atoms with van der Waals surface area (Å²) in [6.07, 6.45) is 1.18. The highest BCUT2D eigenvalue weighted by molar-refractivity contribution is 7.21. The molecule has 0 saturated carbocycles. The van der Waals surface area contributed by atoms with Crippen LogP contribution in [0.3, 0.4) is 0 Å². The van der Waals surface area contributed by atoms with Crippen LogP contribution in [0, 0.1) is 11.2 Å². The van der Waals surface area contributed by atoms with E-state index in [9.17, 15) is 14.0 Å². The predicted octanol–water partition coefficient (Wildman–Crippen LogP) is 4.40. The number of rotatable bonds is 2. The molecule has 0 spiro atoms. The molecule has 3 aromatic rings. The molecule has 1 aromatic carbocycles. The first-order valence-electron chi connectivity index (χ1n) is 8.30. The van der Waals surface area contributed by atoms with Gasteiger partial charge in [0.2, 0.25) is 5.78 Å².